The molecule has 4 rings (SSSR count). The number of para-hydroxylation sites is 2. The third kappa shape index (κ3) is 4.00. The molecule has 0 atom stereocenters. The molecule has 1 fully saturated rings. The van der Waals surface area contributed by atoms with Crippen LogP contribution < -0.4 is 5.32 Å². The van der Waals surface area contributed by atoms with Gasteiger partial charge < -0.3 is 14.5 Å². The first-order chi connectivity index (χ1) is 14.1. The minimum atomic E-state index is -3.54. The number of hydrogen-bond donors (Lipinski definition) is 1. The molecule has 9 heteroatoms. The molecule has 0 spiro atoms. The van der Waals surface area contributed by atoms with Crippen molar-refractivity contribution in [1.82, 2.24) is 9.29 Å². The lowest BCUT2D eigenvalue weighted by Crippen LogP contribution is -2.40. The van der Waals surface area contributed by atoms with Crippen molar-refractivity contribution >= 4 is 32.4 Å². The molecule has 0 amide bonds. The molecule has 1 aromatic heterocycles. The summed E-state index contributed by atoms with van der Waals surface area (Å²) < 4.78 is 37.5. The monoisotopic (exact) mass is 410 g/mol. The summed E-state index contributed by atoms with van der Waals surface area (Å²) in [5.41, 5.74) is 2.13. The van der Waals surface area contributed by atoms with E-state index < -0.39 is 10.0 Å². The summed E-state index contributed by atoms with van der Waals surface area (Å²) >= 11 is 0. The highest BCUT2D eigenvalue weighted by molar-refractivity contribution is 7.89. The summed E-state index contributed by atoms with van der Waals surface area (Å²) in [6.07, 6.45) is 1.48. The Hall–Kier alpha value is -3.19. The molecule has 0 unspecified atom stereocenters. The molecule has 2 heterocycles. The lowest BCUT2D eigenvalue weighted by atomic mass is 10.3. The zero-order valence-electron chi connectivity index (χ0n) is 15.4. The Kier molecular flexibility index (Phi) is 5.31. The van der Waals surface area contributed by atoms with E-state index >= 15 is 0 Å². The van der Waals surface area contributed by atoms with Crippen LogP contribution in [-0.4, -0.2) is 44.0 Å². The van der Waals surface area contributed by atoms with Gasteiger partial charge in [-0.1, -0.05) is 12.1 Å². The van der Waals surface area contributed by atoms with Crippen LogP contribution in [0.15, 0.2) is 64.0 Å². The maximum Gasteiger partial charge on any atom is 0.243 e. The highest BCUT2D eigenvalue weighted by Gasteiger charge is 2.26. The second-order valence-corrected chi connectivity index (χ2v) is 8.28. The Bertz CT molecular complexity index is 1150. The van der Waals surface area contributed by atoms with E-state index in [0.29, 0.717) is 43.1 Å². The van der Waals surface area contributed by atoms with E-state index in [9.17, 15) is 13.7 Å². The molecule has 3 aromatic rings. The lowest BCUT2D eigenvalue weighted by molar-refractivity contribution is 0.0730. The van der Waals surface area contributed by atoms with Gasteiger partial charge in [-0.05, 0) is 36.4 Å². The standard InChI is InChI=1S/C20H18N4O4S/c21-13-15(20-23-18-3-1-2-4-19(18)28-20)14-22-16-5-7-17(8-6-16)29(25,26)24-9-11-27-12-10-24/h1-8,14,22H,9-12H2/b15-14+. The minimum absolute atomic E-state index is 0.215. The number of benzene rings is 2. The molecule has 0 bridgehead atoms. The van der Waals surface area contributed by atoms with Gasteiger partial charge in [0.15, 0.2) is 5.58 Å². The van der Waals surface area contributed by atoms with Gasteiger partial charge in [-0.3, -0.25) is 0 Å². The molecule has 0 radical (unpaired) electrons. The zero-order chi connectivity index (χ0) is 20.3. The summed E-state index contributed by atoms with van der Waals surface area (Å²) in [6.45, 7) is 1.50. The van der Waals surface area contributed by atoms with Gasteiger partial charge >= 0.3 is 0 Å². The van der Waals surface area contributed by atoms with Crippen molar-refractivity contribution in [1.29, 1.82) is 5.26 Å². The number of hydrogen-bond acceptors (Lipinski definition) is 7. The van der Waals surface area contributed by atoms with Crippen LogP contribution in [0, 0.1) is 11.3 Å². The highest BCUT2D eigenvalue weighted by atomic mass is 32.2. The van der Waals surface area contributed by atoms with Gasteiger partial charge in [-0.25, -0.2) is 13.4 Å². The Balaban J connectivity index is 1.51. The number of morpholine rings is 1. The van der Waals surface area contributed by atoms with E-state index in [-0.39, 0.29) is 16.4 Å². The number of rotatable bonds is 5. The van der Waals surface area contributed by atoms with Gasteiger partial charge in [0, 0.05) is 25.0 Å². The normalized spacial score (nSPS) is 15.9. The van der Waals surface area contributed by atoms with Crippen molar-refractivity contribution in [3.63, 3.8) is 0 Å². The van der Waals surface area contributed by atoms with Crippen LogP contribution in [-0.2, 0) is 14.8 Å². The Morgan fingerprint density at radius 2 is 1.86 bits per heavy atom. The van der Waals surface area contributed by atoms with Gasteiger partial charge in [0.1, 0.15) is 17.2 Å². The molecule has 0 aliphatic carbocycles. The average molecular weight is 410 g/mol. The molecular formula is C20H18N4O4S. The summed E-state index contributed by atoms with van der Waals surface area (Å²) in [4.78, 5) is 4.52. The van der Waals surface area contributed by atoms with Gasteiger partial charge in [-0.15, -0.1) is 0 Å². The average Bonchev–Trinajstić information content (AvgIpc) is 3.19. The van der Waals surface area contributed by atoms with Crippen LogP contribution >= 0.6 is 0 Å². The van der Waals surface area contributed by atoms with E-state index in [1.165, 1.54) is 22.6 Å². The maximum atomic E-state index is 12.7. The number of aromatic nitrogens is 1. The first kappa shape index (κ1) is 19.1. The molecule has 29 heavy (non-hydrogen) atoms. The van der Waals surface area contributed by atoms with Crippen molar-refractivity contribution in [2.45, 2.75) is 4.90 Å². The molecule has 1 aliphatic heterocycles. The number of nitrogens with one attached hydrogen (secondary N) is 1. The van der Waals surface area contributed by atoms with Crippen LogP contribution in [0.5, 0.6) is 0 Å². The van der Waals surface area contributed by atoms with Crippen molar-refractivity contribution in [2.24, 2.45) is 0 Å². The number of oxazole rings is 1. The fraction of sp³-hybridized carbons (Fsp3) is 0.200. The number of ether oxygens (including phenoxy) is 1. The Morgan fingerprint density at radius 1 is 1.14 bits per heavy atom. The fourth-order valence-corrected chi connectivity index (χ4v) is 4.35. The number of nitrogens with zero attached hydrogens (tertiary/aromatic N) is 3. The van der Waals surface area contributed by atoms with Gasteiger partial charge in [0.25, 0.3) is 0 Å². The first-order valence-electron chi connectivity index (χ1n) is 8.98. The predicted molar refractivity (Wildman–Crippen MR) is 107 cm³/mol. The molecule has 1 N–H and O–H groups in total. The van der Waals surface area contributed by atoms with E-state index in [0.717, 1.165) is 0 Å². The largest absolute Gasteiger partial charge is 0.435 e. The van der Waals surface area contributed by atoms with Crippen molar-refractivity contribution in [2.75, 3.05) is 31.6 Å². The first-order valence-corrected chi connectivity index (χ1v) is 10.4. The van der Waals surface area contributed by atoms with E-state index in [2.05, 4.69) is 16.4 Å². The summed E-state index contributed by atoms with van der Waals surface area (Å²) in [7, 11) is -3.54. The summed E-state index contributed by atoms with van der Waals surface area (Å²) in [6, 6.07) is 15.7. The molecule has 2 aromatic carbocycles. The van der Waals surface area contributed by atoms with Crippen molar-refractivity contribution in [3.8, 4) is 6.07 Å². The number of sulfonamides is 1. The maximum absolute atomic E-state index is 12.7. The topological polar surface area (TPSA) is 108 Å². The minimum Gasteiger partial charge on any atom is -0.435 e. The molecule has 1 saturated heterocycles. The molecule has 0 saturated carbocycles. The smallest absolute Gasteiger partial charge is 0.243 e. The summed E-state index contributed by atoms with van der Waals surface area (Å²) in [5.74, 6) is 0.215. The second-order valence-electron chi connectivity index (χ2n) is 6.34. The van der Waals surface area contributed by atoms with Crippen molar-refractivity contribution < 1.29 is 17.6 Å². The van der Waals surface area contributed by atoms with E-state index in [4.69, 9.17) is 9.15 Å². The molecule has 148 valence electrons. The number of nitriles is 1. The van der Waals surface area contributed by atoms with Gasteiger partial charge in [0.05, 0.1) is 18.1 Å². The molecule has 1 aliphatic rings. The third-order valence-electron chi connectivity index (χ3n) is 4.49. The van der Waals surface area contributed by atoms with E-state index in [1.807, 2.05) is 12.1 Å². The predicted octanol–water partition coefficient (Wildman–Crippen LogP) is 2.83. The fourth-order valence-electron chi connectivity index (χ4n) is 2.94. The number of anilines is 1. The molecular weight excluding hydrogens is 392 g/mol. The molecule has 8 nitrogen and oxygen atoms in total. The summed E-state index contributed by atoms with van der Waals surface area (Å²) in [5, 5.41) is 12.4. The van der Waals surface area contributed by atoms with Gasteiger partial charge in [0.2, 0.25) is 15.9 Å². The van der Waals surface area contributed by atoms with Gasteiger partial charge in [-0.2, -0.15) is 9.57 Å². The Morgan fingerprint density at radius 3 is 2.55 bits per heavy atom. The quantitative estimate of drug-likeness (QED) is 0.644. The SMILES string of the molecule is N#C/C(=C\Nc1ccc(S(=O)(=O)N2CCOCC2)cc1)c1nc2ccccc2o1. The van der Waals surface area contributed by atoms with E-state index in [1.54, 1.807) is 24.3 Å². The third-order valence-corrected chi connectivity index (χ3v) is 6.40. The highest BCUT2D eigenvalue weighted by Crippen LogP contribution is 2.22. The van der Waals surface area contributed by atoms with Crippen LogP contribution in [0.1, 0.15) is 5.89 Å². The second kappa shape index (κ2) is 8.05. The Labute approximate surface area is 168 Å². The van der Waals surface area contributed by atoms with Crippen LogP contribution in [0.3, 0.4) is 0 Å². The number of allylic oxidation sites excluding steroid dienone is 1. The van der Waals surface area contributed by atoms with Crippen molar-refractivity contribution in [3.05, 3.63) is 60.6 Å². The number of fused-ring (bicyclic) bond motifs is 1. The lowest BCUT2D eigenvalue weighted by Gasteiger charge is -2.26. The van der Waals surface area contributed by atoms with Crippen LogP contribution in [0.4, 0.5) is 5.69 Å². The van der Waals surface area contributed by atoms with Crippen LogP contribution in [0.25, 0.3) is 16.7 Å². The zero-order valence-corrected chi connectivity index (χ0v) is 16.2. The van der Waals surface area contributed by atoms with Crippen LogP contribution in [0.2, 0.25) is 0 Å².